The molecule has 0 unspecified atom stereocenters. The number of hydrogen-bond donors (Lipinski definition) is 0. The molecule has 0 aromatic heterocycles. The van der Waals surface area contributed by atoms with E-state index in [9.17, 15) is 9.18 Å². The van der Waals surface area contributed by atoms with Gasteiger partial charge in [-0.3, -0.25) is 4.79 Å². The van der Waals surface area contributed by atoms with Gasteiger partial charge in [0.1, 0.15) is 11.6 Å². The molecule has 0 radical (unpaired) electrons. The Labute approximate surface area is 123 Å². The van der Waals surface area contributed by atoms with Crippen LogP contribution in [0.25, 0.3) is 0 Å². The Morgan fingerprint density at radius 2 is 1.60 bits per heavy atom. The summed E-state index contributed by atoms with van der Waals surface area (Å²) in [6, 6.07) is 14.4. The summed E-state index contributed by atoms with van der Waals surface area (Å²) < 4.78 is 12.8. The van der Waals surface area contributed by atoms with Crippen LogP contribution in [0.4, 0.5) is 4.39 Å². The lowest BCUT2D eigenvalue weighted by molar-refractivity contribution is -0.116. The molecule has 0 N–H and O–H groups in total. The highest BCUT2D eigenvalue weighted by Gasteiger charge is 2.05. The number of halogens is 1. The molecule has 0 atom stereocenters. The minimum atomic E-state index is -0.253. The summed E-state index contributed by atoms with van der Waals surface area (Å²) in [6.45, 7) is 2.11. The third-order valence-corrected chi connectivity index (χ3v) is 4.12. The maximum Gasteiger partial charge on any atom is 0.147 e. The van der Waals surface area contributed by atoms with E-state index in [1.807, 2.05) is 12.1 Å². The van der Waals surface area contributed by atoms with E-state index in [1.54, 1.807) is 12.1 Å². The van der Waals surface area contributed by atoms with Crippen molar-refractivity contribution in [2.24, 2.45) is 0 Å². The lowest BCUT2D eigenvalue weighted by Crippen LogP contribution is -2.05. The van der Waals surface area contributed by atoms with Crippen LogP contribution in [0.1, 0.15) is 18.1 Å². The van der Waals surface area contributed by atoms with Crippen LogP contribution in [0.2, 0.25) is 0 Å². The molecule has 0 fully saturated rings. The maximum absolute atomic E-state index is 12.8. The Kier molecular flexibility index (Phi) is 5.36. The van der Waals surface area contributed by atoms with Crippen molar-refractivity contribution in [1.82, 2.24) is 0 Å². The number of hydrogen-bond acceptors (Lipinski definition) is 2. The van der Waals surface area contributed by atoms with E-state index in [4.69, 9.17) is 0 Å². The van der Waals surface area contributed by atoms with Gasteiger partial charge < -0.3 is 0 Å². The van der Waals surface area contributed by atoms with Crippen molar-refractivity contribution < 1.29 is 9.18 Å². The van der Waals surface area contributed by atoms with Gasteiger partial charge in [0.2, 0.25) is 0 Å². The first-order chi connectivity index (χ1) is 9.67. The van der Waals surface area contributed by atoms with Gasteiger partial charge in [0.25, 0.3) is 0 Å². The largest absolute Gasteiger partial charge is 0.298 e. The molecule has 2 rings (SSSR count). The zero-order chi connectivity index (χ0) is 14.4. The second kappa shape index (κ2) is 7.25. The van der Waals surface area contributed by atoms with Crippen molar-refractivity contribution in [3.8, 4) is 0 Å². The molecular weight excluding hydrogens is 271 g/mol. The van der Waals surface area contributed by atoms with Gasteiger partial charge in [-0.1, -0.05) is 31.2 Å². The molecular formula is C17H17FOS. The van der Waals surface area contributed by atoms with Crippen LogP contribution in [-0.2, 0) is 17.6 Å². The average molecular weight is 288 g/mol. The Bertz CT molecular complexity index is 561. The lowest BCUT2D eigenvalue weighted by Gasteiger charge is -2.03. The summed E-state index contributed by atoms with van der Waals surface area (Å²) in [6.07, 6.45) is 1.47. The number of aryl methyl sites for hydroxylation is 1. The van der Waals surface area contributed by atoms with Crippen molar-refractivity contribution >= 4 is 17.5 Å². The minimum absolute atomic E-state index is 0.184. The smallest absolute Gasteiger partial charge is 0.147 e. The zero-order valence-corrected chi connectivity index (χ0v) is 12.3. The third-order valence-electron chi connectivity index (χ3n) is 3.05. The normalized spacial score (nSPS) is 10.5. The van der Waals surface area contributed by atoms with Crippen LogP contribution in [-0.4, -0.2) is 11.5 Å². The van der Waals surface area contributed by atoms with Crippen molar-refractivity contribution in [3.63, 3.8) is 0 Å². The van der Waals surface area contributed by atoms with Crippen LogP contribution >= 0.6 is 11.8 Å². The Balaban J connectivity index is 1.84. The molecule has 3 heteroatoms. The number of thioether (sulfide) groups is 1. The standard InChI is InChI=1S/C17H17FOS/c1-2-13-3-5-14(6-4-13)11-16(19)12-20-17-9-7-15(18)8-10-17/h3-10H,2,11-12H2,1H3. The highest BCUT2D eigenvalue weighted by atomic mass is 32.2. The molecule has 0 heterocycles. The quantitative estimate of drug-likeness (QED) is 0.738. The van der Waals surface area contributed by atoms with E-state index in [0.29, 0.717) is 12.2 Å². The number of carbonyl (C=O) groups excluding carboxylic acids is 1. The SMILES string of the molecule is CCc1ccc(CC(=O)CSc2ccc(F)cc2)cc1. The van der Waals surface area contributed by atoms with Gasteiger partial charge in [-0.05, 0) is 41.8 Å². The summed E-state index contributed by atoms with van der Waals surface area (Å²) in [4.78, 5) is 12.8. The molecule has 104 valence electrons. The Morgan fingerprint density at radius 1 is 1.00 bits per heavy atom. The van der Waals surface area contributed by atoms with Crippen LogP contribution in [0.15, 0.2) is 53.4 Å². The number of Topliss-reactive ketones (excluding diaryl/α,β-unsaturated/α-hetero) is 1. The van der Waals surface area contributed by atoms with Crippen molar-refractivity contribution in [3.05, 3.63) is 65.5 Å². The van der Waals surface area contributed by atoms with E-state index in [2.05, 4.69) is 19.1 Å². The second-order valence-electron chi connectivity index (χ2n) is 4.63. The van der Waals surface area contributed by atoms with Gasteiger partial charge in [-0.15, -0.1) is 11.8 Å². The highest BCUT2D eigenvalue weighted by molar-refractivity contribution is 8.00. The average Bonchev–Trinajstić information content (AvgIpc) is 2.47. The van der Waals surface area contributed by atoms with E-state index < -0.39 is 0 Å². The van der Waals surface area contributed by atoms with Crippen LogP contribution < -0.4 is 0 Å². The molecule has 0 saturated carbocycles. The second-order valence-corrected chi connectivity index (χ2v) is 5.68. The molecule has 0 amide bonds. The molecule has 2 aromatic carbocycles. The van der Waals surface area contributed by atoms with Crippen LogP contribution in [0.3, 0.4) is 0 Å². The van der Waals surface area contributed by atoms with Crippen molar-refractivity contribution in [2.45, 2.75) is 24.7 Å². The van der Waals surface area contributed by atoms with E-state index in [-0.39, 0.29) is 11.6 Å². The van der Waals surface area contributed by atoms with Crippen LogP contribution in [0.5, 0.6) is 0 Å². The van der Waals surface area contributed by atoms with Crippen LogP contribution in [0, 0.1) is 5.82 Å². The van der Waals surface area contributed by atoms with Crippen molar-refractivity contribution in [2.75, 3.05) is 5.75 Å². The molecule has 0 aliphatic rings. The zero-order valence-electron chi connectivity index (χ0n) is 11.4. The third kappa shape index (κ3) is 4.49. The molecule has 0 aliphatic heterocycles. The summed E-state index contributed by atoms with van der Waals surface area (Å²) in [5, 5.41) is 0. The molecule has 0 spiro atoms. The molecule has 1 nitrogen and oxygen atoms in total. The summed E-state index contributed by atoms with van der Waals surface area (Å²) >= 11 is 1.45. The Hall–Kier alpha value is -1.61. The van der Waals surface area contributed by atoms with E-state index in [0.717, 1.165) is 16.9 Å². The van der Waals surface area contributed by atoms with Gasteiger partial charge in [0.15, 0.2) is 0 Å². The molecule has 0 bridgehead atoms. The fourth-order valence-corrected chi connectivity index (χ4v) is 2.62. The Morgan fingerprint density at radius 3 is 2.20 bits per heavy atom. The molecule has 20 heavy (non-hydrogen) atoms. The van der Waals surface area contributed by atoms with Gasteiger partial charge in [-0.25, -0.2) is 4.39 Å². The highest BCUT2D eigenvalue weighted by Crippen LogP contribution is 2.18. The number of ketones is 1. The van der Waals surface area contributed by atoms with Gasteiger partial charge in [0, 0.05) is 11.3 Å². The lowest BCUT2D eigenvalue weighted by atomic mass is 10.1. The predicted molar refractivity (Wildman–Crippen MR) is 81.7 cm³/mol. The first-order valence-corrected chi connectivity index (χ1v) is 7.64. The first kappa shape index (κ1) is 14.8. The molecule has 0 aliphatic carbocycles. The first-order valence-electron chi connectivity index (χ1n) is 6.65. The number of carbonyl (C=O) groups is 1. The predicted octanol–water partition coefficient (Wildman–Crippen LogP) is 4.29. The topological polar surface area (TPSA) is 17.1 Å². The van der Waals surface area contributed by atoms with E-state index >= 15 is 0 Å². The molecule has 2 aromatic rings. The maximum atomic E-state index is 12.8. The van der Waals surface area contributed by atoms with E-state index in [1.165, 1.54) is 29.5 Å². The van der Waals surface area contributed by atoms with Gasteiger partial charge >= 0.3 is 0 Å². The minimum Gasteiger partial charge on any atom is -0.298 e. The molecule has 0 saturated heterocycles. The number of rotatable bonds is 6. The van der Waals surface area contributed by atoms with Gasteiger partial charge in [0.05, 0.1) is 5.75 Å². The summed E-state index contributed by atoms with van der Waals surface area (Å²) in [5.74, 6) is 0.349. The fourth-order valence-electron chi connectivity index (χ4n) is 1.87. The van der Waals surface area contributed by atoms with Crippen molar-refractivity contribution in [1.29, 1.82) is 0 Å². The number of benzene rings is 2. The monoisotopic (exact) mass is 288 g/mol. The fraction of sp³-hybridized carbons (Fsp3) is 0.235. The van der Waals surface area contributed by atoms with Gasteiger partial charge in [-0.2, -0.15) is 0 Å². The summed E-state index contributed by atoms with van der Waals surface area (Å²) in [7, 11) is 0. The summed E-state index contributed by atoms with van der Waals surface area (Å²) in [5.41, 5.74) is 2.33.